The molecular formula is C14H15BrN2O. The number of hydrogen-bond acceptors (Lipinski definition) is 2. The Balaban J connectivity index is 2.50. The van der Waals surface area contributed by atoms with Crippen LogP contribution >= 0.6 is 15.9 Å². The lowest BCUT2D eigenvalue weighted by atomic mass is 10.1. The number of nitrogens with zero attached hydrogens (tertiary/aromatic N) is 2. The highest BCUT2D eigenvalue weighted by molar-refractivity contribution is 9.10. The molecule has 0 saturated carbocycles. The zero-order chi connectivity index (χ0) is 13.1. The van der Waals surface area contributed by atoms with E-state index in [1.165, 1.54) is 0 Å². The Hall–Kier alpha value is -1.42. The van der Waals surface area contributed by atoms with Crippen molar-refractivity contribution >= 4 is 15.9 Å². The molecule has 2 aromatic rings. The summed E-state index contributed by atoms with van der Waals surface area (Å²) >= 11 is 3.44. The van der Waals surface area contributed by atoms with Gasteiger partial charge in [-0.15, -0.1) is 0 Å². The molecule has 1 heterocycles. The van der Waals surface area contributed by atoms with Gasteiger partial charge in [0, 0.05) is 16.1 Å². The van der Waals surface area contributed by atoms with Crippen molar-refractivity contribution in [2.24, 2.45) is 0 Å². The lowest BCUT2D eigenvalue weighted by Crippen LogP contribution is -2.25. The molecule has 0 saturated heterocycles. The summed E-state index contributed by atoms with van der Waals surface area (Å²) in [5.74, 6) is 0. The standard InChI is InChI=1S/C14H15BrN2O/c1-3-10(2)17-14(18)8-7-13(16-17)11-5-4-6-12(15)9-11/h4-10H,3H2,1-2H3. The molecule has 0 spiro atoms. The molecule has 2 rings (SSSR count). The summed E-state index contributed by atoms with van der Waals surface area (Å²) in [5, 5.41) is 4.44. The van der Waals surface area contributed by atoms with Gasteiger partial charge in [0.25, 0.3) is 5.56 Å². The monoisotopic (exact) mass is 306 g/mol. The van der Waals surface area contributed by atoms with Crippen molar-refractivity contribution in [2.75, 3.05) is 0 Å². The normalized spacial score (nSPS) is 12.4. The van der Waals surface area contributed by atoms with Crippen molar-refractivity contribution in [1.82, 2.24) is 9.78 Å². The number of benzene rings is 1. The quantitative estimate of drug-likeness (QED) is 0.867. The molecule has 4 heteroatoms. The van der Waals surface area contributed by atoms with Gasteiger partial charge in [0.1, 0.15) is 0 Å². The fraction of sp³-hybridized carbons (Fsp3) is 0.286. The summed E-state index contributed by atoms with van der Waals surface area (Å²) in [6.45, 7) is 4.05. The Morgan fingerprint density at radius 2 is 2.11 bits per heavy atom. The smallest absolute Gasteiger partial charge is 0.267 e. The van der Waals surface area contributed by atoms with E-state index in [2.05, 4.69) is 21.0 Å². The second kappa shape index (κ2) is 5.48. The van der Waals surface area contributed by atoms with Gasteiger partial charge in [0.05, 0.1) is 11.7 Å². The van der Waals surface area contributed by atoms with E-state index >= 15 is 0 Å². The topological polar surface area (TPSA) is 34.9 Å². The van der Waals surface area contributed by atoms with Crippen LogP contribution in [0.4, 0.5) is 0 Å². The second-order valence-corrected chi connectivity index (χ2v) is 5.18. The maximum absolute atomic E-state index is 11.8. The summed E-state index contributed by atoms with van der Waals surface area (Å²) in [6.07, 6.45) is 0.884. The lowest BCUT2D eigenvalue weighted by Gasteiger charge is -2.12. The molecule has 0 N–H and O–H groups in total. The molecule has 1 unspecified atom stereocenters. The van der Waals surface area contributed by atoms with Gasteiger partial charge >= 0.3 is 0 Å². The molecule has 0 aliphatic heterocycles. The van der Waals surface area contributed by atoms with Crippen LogP contribution < -0.4 is 5.56 Å². The summed E-state index contributed by atoms with van der Waals surface area (Å²) < 4.78 is 2.55. The molecule has 0 radical (unpaired) electrons. The van der Waals surface area contributed by atoms with Gasteiger partial charge in [-0.2, -0.15) is 5.10 Å². The minimum atomic E-state index is -0.0527. The molecule has 18 heavy (non-hydrogen) atoms. The number of rotatable bonds is 3. The van der Waals surface area contributed by atoms with Crippen molar-refractivity contribution in [1.29, 1.82) is 0 Å². The molecule has 94 valence electrons. The van der Waals surface area contributed by atoms with Gasteiger partial charge in [0.15, 0.2) is 0 Å². The second-order valence-electron chi connectivity index (χ2n) is 4.27. The van der Waals surface area contributed by atoms with Gasteiger partial charge in [-0.25, -0.2) is 4.68 Å². The highest BCUT2D eigenvalue weighted by atomic mass is 79.9. The zero-order valence-corrected chi connectivity index (χ0v) is 12.0. The molecule has 3 nitrogen and oxygen atoms in total. The molecule has 0 amide bonds. The number of halogens is 1. The maximum atomic E-state index is 11.8. The average Bonchev–Trinajstić information content (AvgIpc) is 2.38. The van der Waals surface area contributed by atoms with Crippen molar-refractivity contribution in [3.63, 3.8) is 0 Å². The van der Waals surface area contributed by atoms with Crippen molar-refractivity contribution in [3.05, 3.63) is 51.2 Å². The first-order valence-electron chi connectivity index (χ1n) is 5.97. The van der Waals surface area contributed by atoms with E-state index in [4.69, 9.17) is 0 Å². The summed E-state index contributed by atoms with van der Waals surface area (Å²) in [4.78, 5) is 11.8. The number of hydrogen-bond donors (Lipinski definition) is 0. The maximum Gasteiger partial charge on any atom is 0.267 e. The van der Waals surface area contributed by atoms with Crippen LogP contribution in [-0.4, -0.2) is 9.78 Å². The molecule has 1 aromatic carbocycles. The highest BCUT2D eigenvalue weighted by Gasteiger charge is 2.08. The fourth-order valence-electron chi connectivity index (χ4n) is 1.72. The molecule has 0 fully saturated rings. The summed E-state index contributed by atoms with van der Waals surface area (Å²) in [5.41, 5.74) is 1.76. The molecular weight excluding hydrogens is 292 g/mol. The molecule has 0 bridgehead atoms. The molecule has 0 aliphatic carbocycles. The van der Waals surface area contributed by atoms with Crippen LogP contribution in [0, 0.1) is 0 Å². The molecule has 1 atom stereocenters. The van der Waals surface area contributed by atoms with E-state index in [0.29, 0.717) is 0 Å². The van der Waals surface area contributed by atoms with E-state index in [-0.39, 0.29) is 11.6 Å². The largest absolute Gasteiger partial charge is 0.268 e. The Labute approximate surface area is 115 Å². The minimum absolute atomic E-state index is 0.0527. The number of aromatic nitrogens is 2. The van der Waals surface area contributed by atoms with E-state index in [1.807, 2.05) is 38.1 Å². The third kappa shape index (κ3) is 2.70. The van der Waals surface area contributed by atoms with Crippen LogP contribution in [0.25, 0.3) is 11.3 Å². The van der Waals surface area contributed by atoms with Crippen LogP contribution in [0.2, 0.25) is 0 Å². The molecule has 0 aliphatic rings. The third-order valence-corrected chi connectivity index (χ3v) is 3.45. The minimum Gasteiger partial charge on any atom is -0.268 e. The average molecular weight is 307 g/mol. The first-order chi connectivity index (χ1) is 8.61. The van der Waals surface area contributed by atoms with Gasteiger partial charge in [-0.05, 0) is 31.5 Å². The first kappa shape index (κ1) is 13.0. The van der Waals surface area contributed by atoms with E-state index in [9.17, 15) is 4.79 Å². The van der Waals surface area contributed by atoms with Crippen LogP contribution in [0.15, 0.2) is 45.7 Å². The van der Waals surface area contributed by atoms with Crippen molar-refractivity contribution in [3.8, 4) is 11.3 Å². The highest BCUT2D eigenvalue weighted by Crippen LogP contribution is 2.20. The summed E-state index contributed by atoms with van der Waals surface area (Å²) in [6, 6.07) is 11.4. The third-order valence-electron chi connectivity index (χ3n) is 2.95. The van der Waals surface area contributed by atoms with Crippen LogP contribution in [-0.2, 0) is 0 Å². The predicted molar refractivity (Wildman–Crippen MR) is 76.6 cm³/mol. The Bertz CT molecular complexity index is 607. The first-order valence-corrected chi connectivity index (χ1v) is 6.77. The van der Waals surface area contributed by atoms with Crippen LogP contribution in [0.5, 0.6) is 0 Å². The van der Waals surface area contributed by atoms with Gasteiger partial charge in [-0.3, -0.25) is 4.79 Å². The predicted octanol–water partition coefficient (Wildman–Crippen LogP) is 3.64. The van der Waals surface area contributed by atoms with Gasteiger partial charge < -0.3 is 0 Å². The van der Waals surface area contributed by atoms with Crippen molar-refractivity contribution < 1.29 is 0 Å². The van der Waals surface area contributed by atoms with Crippen LogP contribution in [0.3, 0.4) is 0 Å². The summed E-state index contributed by atoms with van der Waals surface area (Å²) in [7, 11) is 0. The Morgan fingerprint density at radius 1 is 1.33 bits per heavy atom. The SMILES string of the molecule is CCC(C)n1nc(-c2cccc(Br)c2)ccc1=O. The van der Waals surface area contributed by atoms with E-state index < -0.39 is 0 Å². The fourth-order valence-corrected chi connectivity index (χ4v) is 2.11. The van der Waals surface area contributed by atoms with Gasteiger partial charge in [0.2, 0.25) is 0 Å². The van der Waals surface area contributed by atoms with E-state index in [0.717, 1.165) is 22.2 Å². The van der Waals surface area contributed by atoms with Crippen LogP contribution in [0.1, 0.15) is 26.3 Å². The van der Waals surface area contributed by atoms with Gasteiger partial charge in [-0.1, -0.05) is 35.0 Å². The Morgan fingerprint density at radius 3 is 2.78 bits per heavy atom. The zero-order valence-electron chi connectivity index (χ0n) is 10.4. The van der Waals surface area contributed by atoms with Crippen molar-refractivity contribution in [2.45, 2.75) is 26.3 Å². The lowest BCUT2D eigenvalue weighted by molar-refractivity contribution is 0.456. The molecule has 1 aromatic heterocycles. The Kier molecular flexibility index (Phi) is 3.97. The van der Waals surface area contributed by atoms with E-state index in [1.54, 1.807) is 16.8 Å².